The molecule has 1 aliphatic rings. The summed E-state index contributed by atoms with van der Waals surface area (Å²) >= 11 is 0. The van der Waals surface area contributed by atoms with Crippen LogP contribution in [-0.4, -0.2) is 53.7 Å². The van der Waals surface area contributed by atoms with E-state index in [1.807, 2.05) is 36.5 Å². The molecule has 0 aliphatic carbocycles. The number of nitrogens with one attached hydrogen (secondary N) is 1. The summed E-state index contributed by atoms with van der Waals surface area (Å²) in [4.78, 5) is 23.9. The third-order valence-electron chi connectivity index (χ3n) is 5.48. The van der Waals surface area contributed by atoms with Gasteiger partial charge in [0.25, 0.3) is 0 Å². The van der Waals surface area contributed by atoms with Gasteiger partial charge in [-0.25, -0.2) is 0 Å². The summed E-state index contributed by atoms with van der Waals surface area (Å²) in [6.07, 6.45) is 5.01. The fourth-order valence-corrected chi connectivity index (χ4v) is 6.20. The molecule has 1 aliphatic heterocycles. The van der Waals surface area contributed by atoms with Crippen LogP contribution < -0.4 is 5.32 Å². The molecule has 0 aromatic heterocycles. The van der Waals surface area contributed by atoms with Gasteiger partial charge < -0.3 is 5.32 Å². The van der Waals surface area contributed by atoms with E-state index in [9.17, 15) is 26.8 Å². The number of rotatable bonds is 12. The average molecular weight is 479 g/mol. The van der Waals surface area contributed by atoms with Gasteiger partial charge >= 0.3 is 21.3 Å². The molecule has 1 amide bonds. The van der Waals surface area contributed by atoms with Gasteiger partial charge in [-0.15, -0.1) is 0 Å². The maximum atomic E-state index is 13.2. The Hall–Kier alpha value is -1.52. The standard InChI is InChI=1S/C21H29F2NO5S2/c1-2-16(8-3-4-11-24-20(26)21(22,23)31(27,28)29)17-9-7-10-18(14-17)19(25)15-30-12-5-6-13-30/h7,9-10,14,16H,2-6,8,11-13,15H2,1H3,(H-,24,26,27,28,29)/p+1. The molecule has 0 bridgehead atoms. The van der Waals surface area contributed by atoms with Crippen molar-refractivity contribution < 1.29 is 31.3 Å². The molecule has 2 rings (SSSR count). The minimum absolute atomic E-state index is 0.124. The van der Waals surface area contributed by atoms with E-state index >= 15 is 0 Å². The second-order valence-electron chi connectivity index (χ2n) is 7.77. The van der Waals surface area contributed by atoms with Crippen molar-refractivity contribution in [2.24, 2.45) is 0 Å². The fourth-order valence-electron chi connectivity index (χ4n) is 3.64. The van der Waals surface area contributed by atoms with Crippen molar-refractivity contribution in [2.75, 3.05) is 23.8 Å². The number of unbranched alkanes of at least 4 members (excludes halogenated alkanes) is 1. The maximum Gasteiger partial charge on any atom is 0.446 e. The zero-order valence-corrected chi connectivity index (χ0v) is 19.2. The van der Waals surface area contributed by atoms with Crippen LogP contribution >= 0.6 is 0 Å². The number of alkyl halides is 2. The molecule has 1 atom stereocenters. The van der Waals surface area contributed by atoms with Crippen LogP contribution in [0.5, 0.6) is 0 Å². The van der Waals surface area contributed by atoms with Gasteiger partial charge in [-0.1, -0.05) is 31.5 Å². The van der Waals surface area contributed by atoms with Crippen molar-refractivity contribution >= 4 is 32.7 Å². The summed E-state index contributed by atoms with van der Waals surface area (Å²) in [5.41, 5.74) is 1.79. The lowest BCUT2D eigenvalue weighted by Crippen LogP contribution is -2.45. The van der Waals surface area contributed by atoms with Gasteiger partial charge in [-0.2, -0.15) is 17.2 Å². The summed E-state index contributed by atoms with van der Waals surface area (Å²) in [6.45, 7) is 1.91. The number of amides is 1. The Labute approximate surface area is 185 Å². The van der Waals surface area contributed by atoms with E-state index in [0.29, 0.717) is 18.6 Å². The lowest BCUT2D eigenvalue weighted by molar-refractivity contribution is -0.136. The van der Waals surface area contributed by atoms with Crippen LogP contribution in [0, 0.1) is 0 Å². The predicted octanol–water partition coefficient (Wildman–Crippen LogP) is 3.54. The first-order valence-corrected chi connectivity index (χ1v) is 13.6. The van der Waals surface area contributed by atoms with Crippen molar-refractivity contribution in [3.63, 3.8) is 0 Å². The number of ketones is 1. The van der Waals surface area contributed by atoms with Crippen molar-refractivity contribution in [2.45, 2.75) is 56.6 Å². The third-order valence-corrected chi connectivity index (χ3v) is 8.71. The van der Waals surface area contributed by atoms with Crippen LogP contribution in [0.15, 0.2) is 24.3 Å². The fraction of sp³-hybridized carbons (Fsp3) is 0.619. The Morgan fingerprint density at radius 1 is 1.23 bits per heavy atom. The van der Waals surface area contributed by atoms with Crippen LogP contribution in [0.4, 0.5) is 8.78 Å². The number of benzene rings is 1. The van der Waals surface area contributed by atoms with Crippen LogP contribution in [-0.2, 0) is 25.8 Å². The minimum atomic E-state index is -5.79. The molecule has 0 saturated carbocycles. The Bertz CT molecular complexity index is 870. The zero-order valence-electron chi connectivity index (χ0n) is 17.6. The summed E-state index contributed by atoms with van der Waals surface area (Å²) in [7, 11) is -5.58. The molecular weight excluding hydrogens is 448 g/mol. The number of hydrogen-bond acceptors (Lipinski definition) is 4. The number of hydrogen-bond donors (Lipinski definition) is 2. The van der Waals surface area contributed by atoms with Crippen molar-refractivity contribution in [3.8, 4) is 0 Å². The van der Waals surface area contributed by atoms with Crippen LogP contribution in [0.25, 0.3) is 0 Å². The quantitative estimate of drug-likeness (QED) is 0.207. The first-order valence-electron chi connectivity index (χ1n) is 10.5. The lowest BCUT2D eigenvalue weighted by Gasteiger charge is -2.17. The summed E-state index contributed by atoms with van der Waals surface area (Å²) < 4.78 is 55.9. The molecule has 10 heteroatoms. The monoisotopic (exact) mass is 478 g/mol. The minimum Gasteiger partial charge on any atom is -0.350 e. The van der Waals surface area contributed by atoms with E-state index in [0.717, 1.165) is 35.5 Å². The van der Waals surface area contributed by atoms with Crippen molar-refractivity contribution in [3.05, 3.63) is 35.4 Å². The van der Waals surface area contributed by atoms with Crippen LogP contribution in [0.3, 0.4) is 0 Å². The Morgan fingerprint density at radius 3 is 2.52 bits per heavy atom. The number of Topliss-reactive ketones (excluding diaryl/α,β-unsaturated/α-hetero) is 1. The smallest absolute Gasteiger partial charge is 0.350 e. The molecular formula is C21H30F2NO5S2+. The second-order valence-corrected chi connectivity index (χ2v) is 11.6. The topological polar surface area (TPSA) is 101 Å². The molecule has 1 unspecified atom stereocenters. The predicted molar refractivity (Wildman–Crippen MR) is 118 cm³/mol. The van der Waals surface area contributed by atoms with Gasteiger partial charge in [0.2, 0.25) is 5.78 Å². The summed E-state index contributed by atoms with van der Waals surface area (Å²) in [5.74, 6) is 1.26. The second kappa shape index (κ2) is 11.4. The largest absolute Gasteiger partial charge is 0.446 e. The van der Waals surface area contributed by atoms with Gasteiger partial charge in [-0.05, 0) is 60.5 Å². The SMILES string of the molecule is CCC(CCCCNC(=O)C(F)(F)S(=O)(=O)O)c1cccc(C(=O)C[S+]2CCCC2)c1. The summed E-state index contributed by atoms with van der Waals surface area (Å²) in [6, 6.07) is 7.67. The molecule has 31 heavy (non-hydrogen) atoms. The lowest BCUT2D eigenvalue weighted by atomic mass is 9.90. The van der Waals surface area contributed by atoms with Crippen molar-refractivity contribution in [1.82, 2.24) is 5.32 Å². The molecule has 174 valence electrons. The number of carbonyl (C=O) groups excluding carboxylic acids is 2. The highest BCUT2D eigenvalue weighted by molar-refractivity contribution is 7.97. The van der Waals surface area contributed by atoms with Gasteiger partial charge in [0.1, 0.15) is 11.5 Å². The van der Waals surface area contributed by atoms with Crippen molar-refractivity contribution in [1.29, 1.82) is 0 Å². The van der Waals surface area contributed by atoms with Crippen LogP contribution in [0.1, 0.15) is 67.3 Å². The normalized spacial score (nSPS) is 16.3. The number of carbonyl (C=O) groups is 2. The van der Waals surface area contributed by atoms with E-state index in [1.165, 1.54) is 12.8 Å². The Kier molecular flexibility index (Phi) is 9.45. The average Bonchev–Trinajstić information content (AvgIpc) is 3.22. The van der Waals surface area contributed by atoms with Gasteiger partial charge in [0.15, 0.2) is 5.75 Å². The van der Waals surface area contributed by atoms with Gasteiger partial charge in [-0.3, -0.25) is 14.1 Å². The van der Waals surface area contributed by atoms with E-state index in [1.54, 1.807) is 0 Å². The molecule has 0 spiro atoms. The van der Waals surface area contributed by atoms with E-state index in [-0.39, 0.29) is 29.1 Å². The molecule has 1 aromatic rings. The summed E-state index contributed by atoms with van der Waals surface area (Å²) in [5, 5.41) is -3.01. The molecule has 6 nitrogen and oxygen atoms in total. The van der Waals surface area contributed by atoms with E-state index < -0.39 is 21.3 Å². The Morgan fingerprint density at radius 2 is 1.90 bits per heavy atom. The molecule has 1 saturated heterocycles. The van der Waals surface area contributed by atoms with Crippen LogP contribution in [0.2, 0.25) is 0 Å². The molecule has 1 heterocycles. The number of halogens is 2. The molecule has 1 fully saturated rings. The molecule has 0 radical (unpaired) electrons. The highest BCUT2D eigenvalue weighted by Gasteiger charge is 2.52. The highest BCUT2D eigenvalue weighted by Crippen LogP contribution is 2.27. The van der Waals surface area contributed by atoms with Gasteiger partial charge in [0.05, 0.1) is 0 Å². The van der Waals surface area contributed by atoms with Gasteiger partial charge in [0, 0.05) is 12.1 Å². The van der Waals surface area contributed by atoms with E-state index in [2.05, 4.69) is 0 Å². The maximum absolute atomic E-state index is 13.2. The third kappa shape index (κ3) is 7.25. The highest BCUT2D eigenvalue weighted by atomic mass is 32.2. The molecule has 1 aromatic carbocycles. The zero-order chi connectivity index (χ0) is 23.1. The van der Waals surface area contributed by atoms with E-state index in [4.69, 9.17) is 4.55 Å². The molecule has 2 N–H and O–H groups in total. The first kappa shape index (κ1) is 25.7. The Balaban J connectivity index is 1.83. The first-order chi connectivity index (χ1) is 14.6.